The number of hydrogen-bond acceptors (Lipinski definition) is 5. The van der Waals surface area contributed by atoms with Gasteiger partial charge in [0.05, 0.1) is 30.3 Å². The van der Waals surface area contributed by atoms with Gasteiger partial charge in [0, 0.05) is 12.6 Å². The molecule has 1 saturated carbocycles. The number of esters is 1. The van der Waals surface area contributed by atoms with E-state index in [-0.39, 0.29) is 24.5 Å². The van der Waals surface area contributed by atoms with Gasteiger partial charge < -0.3 is 19.5 Å². The number of aromatic nitrogens is 1. The van der Waals surface area contributed by atoms with Gasteiger partial charge in [0.25, 0.3) is 0 Å². The molecule has 0 bridgehead atoms. The third-order valence-corrected chi connectivity index (χ3v) is 5.46. The first kappa shape index (κ1) is 18.7. The van der Waals surface area contributed by atoms with Crippen LogP contribution in [0.15, 0.2) is 10.6 Å². The zero-order chi connectivity index (χ0) is 18.6. The second-order valence-corrected chi connectivity index (χ2v) is 7.48. The molecule has 7 nitrogen and oxygen atoms in total. The lowest BCUT2D eigenvalue weighted by Gasteiger charge is -2.39. The van der Waals surface area contributed by atoms with Crippen molar-refractivity contribution in [1.29, 1.82) is 0 Å². The highest BCUT2D eigenvalue weighted by Gasteiger charge is 2.40. The Bertz CT molecular complexity index is 636. The molecule has 1 N–H and O–H groups in total. The van der Waals surface area contributed by atoms with Gasteiger partial charge in [0.15, 0.2) is 5.76 Å². The van der Waals surface area contributed by atoms with Crippen molar-refractivity contribution in [2.75, 3.05) is 13.2 Å². The Kier molecular flexibility index (Phi) is 5.84. The number of carbonyl (C=O) groups excluding carboxylic acids is 2. The molecule has 1 aromatic heterocycles. The fourth-order valence-electron chi connectivity index (χ4n) is 4.21. The first-order chi connectivity index (χ1) is 12.5. The fraction of sp³-hybridized carbons (Fsp3) is 0.737. The Morgan fingerprint density at radius 2 is 2.12 bits per heavy atom. The molecule has 0 spiro atoms. The van der Waals surface area contributed by atoms with Crippen LogP contribution in [0.25, 0.3) is 0 Å². The van der Waals surface area contributed by atoms with Crippen molar-refractivity contribution >= 4 is 12.0 Å². The van der Waals surface area contributed by atoms with Crippen molar-refractivity contribution in [1.82, 2.24) is 15.4 Å². The van der Waals surface area contributed by atoms with Crippen molar-refractivity contribution in [2.45, 2.75) is 76.8 Å². The van der Waals surface area contributed by atoms with E-state index >= 15 is 0 Å². The third kappa shape index (κ3) is 4.19. The lowest BCUT2D eigenvalue weighted by Crippen LogP contribution is -2.55. The van der Waals surface area contributed by atoms with Crippen LogP contribution in [0, 0.1) is 6.92 Å². The van der Waals surface area contributed by atoms with E-state index in [1.54, 1.807) is 6.92 Å². The van der Waals surface area contributed by atoms with Gasteiger partial charge in [-0.2, -0.15) is 0 Å². The topological polar surface area (TPSA) is 84.7 Å². The molecule has 0 aromatic carbocycles. The number of likely N-dealkylation sites (tertiary alicyclic amines) is 1. The highest BCUT2D eigenvalue weighted by molar-refractivity contribution is 5.78. The summed E-state index contributed by atoms with van der Waals surface area (Å²) < 4.78 is 10.5. The highest BCUT2D eigenvalue weighted by atomic mass is 16.5. The van der Waals surface area contributed by atoms with E-state index in [1.807, 2.05) is 17.9 Å². The monoisotopic (exact) mass is 363 g/mol. The summed E-state index contributed by atoms with van der Waals surface area (Å²) in [4.78, 5) is 27.0. The van der Waals surface area contributed by atoms with Gasteiger partial charge in [0.1, 0.15) is 0 Å². The molecule has 3 rings (SSSR count). The number of carbonyl (C=O) groups is 2. The van der Waals surface area contributed by atoms with E-state index in [0.717, 1.165) is 56.4 Å². The normalized spacial score (nSPS) is 22.2. The summed E-state index contributed by atoms with van der Waals surface area (Å²) >= 11 is 0. The Balaban J connectivity index is 1.71. The first-order valence-corrected chi connectivity index (χ1v) is 9.70. The summed E-state index contributed by atoms with van der Waals surface area (Å²) in [5.41, 5.74) is 0.324. The highest BCUT2D eigenvalue weighted by Crippen LogP contribution is 2.35. The number of rotatable bonds is 5. The molecule has 0 radical (unpaired) electrons. The molecule has 26 heavy (non-hydrogen) atoms. The summed E-state index contributed by atoms with van der Waals surface area (Å²) in [7, 11) is 0. The molecule has 2 heterocycles. The quantitative estimate of drug-likeness (QED) is 0.810. The predicted molar refractivity (Wildman–Crippen MR) is 95.5 cm³/mol. The van der Waals surface area contributed by atoms with E-state index in [4.69, 9.17) is 9.26 Å². The number of nitrogens with one attached hydrogen (secondary N) is 1. The van der Waals surface area contributed by atoms with Gasteiger partial charge in [-0.1, -0.05) is 24.4 Å². The van der Waals surface area contributed by atoms with E-state index in [0.29, 0.717) is 13.2 Å². The van der Waals surface area contributed by atoms with E-state index < -0.39 is 5.54 Å². The lowest BCUT2D eigenvalue weighted by molar-refractivity contribution is -0.145. The first-order valence-electron chi connectivity index (χ1n) is 9.70. The van der Waals surface area contributed by atoms with Crippen LogP contribution in [0.1, 0.15) is 75.8 Å². The Labute approximate surface area is 154 Å². The standard InChI is InChI=1S/C19H29N3O4/c1-3-25-17(23)13-19(9-5-4-6-10-19)20-18(24)22-11-7-8-15(22)16-12-14(2)21-26-16/h12,15H,3-11,13H2,1-2H3,(H,20,24)/t15-/m0/s1. The van der Waals surface area contributed by atoms with E-state index in [2.05, 4.69) is 10.5 Å². The van der Waals surface area contributed by atoms with E-state index in [9.17, 15) is 9.59 Å². The van der Waals surface area contributed by atoms with Crippen molar-refractivity contribution in [3.05, 3.63) is 17.5 Å². The maximum atomic E-state index is 13.0. The molecular formula is C19H29N3O4. The molecule has 0 unspecified atom stereocenters. The molecule has 1 atom stereocenters. The lowest BCUT2D eigenvalue weighted by atomic mass is 9.79. The van der Waals surface area contributed by atoms with Crippen LogP contribution in [0.2, 0.25) is 0 Å². The molecule has 1 aliphatic carbocycles. The van der Waals surface area contributed by atoms with Crippen molar-refractivity contribution in [3.8, 4) is 0 Å². The van der Waals surface area contributed by atoms with Crippen molar-refractivity contribution in [3.63, 3.8) is 0 Å². The van der Waals surface area contributed by atoms with Crippen LogP contribution in [0.4, 0.5) is 4.79 Å². The Morgan fingerprint density at radius 3 is 2.77 bits per heavy atom. The minimum Gasteiger partial charge on any atom is -0.466 e. The van der Waals surface area contributed by atoms with Gasteiger partial charge in [-0.05, 0) is 39.5 Å². The maximum absolute atomic E-state index is 13.0. The molecule has 1 aromatic rings. The summed E-state index contributed by atoms with van der Waals surface area (Å²) in [5.74, 6) is 0.497. The van der Waals surface area contributed by atoms with Gasteiger partial charge in [-0.25, -0.2) is 4.79 Å². The van der Waals surface area contributed by atoms with Crippen LogP contribution in [-0.4, -0.2) is 40.7 Å². The van der Waals surface area contributed by atoms with Gasteiger partial charge >= 0.3 is 12.0 Å². The number of nitrogens with zero attached hydrogens (tertiary/aromatic N) is 2. The molecule has 2 fully saturated rings. The Hall–Kier alpha value is -2.05. The minimum absolute atomic E-state index is 0.0839. The van der Waals surface area contributed by atoms with Crippen LogP contribution < -0.4 is 5.32 Å². The van der Waals surface area contributed by atoms with Crippen LogP contribution in [0.3, 0.4) is 0 Å². The van der Waals surface area contributed by atoms with Crippen molar-refractivity contribution in [2.24, 2.45) is 0 Å². The average Bonchev–Trinajstić information content (AvgIpc) is 3.24. The minimum atomic E-state index is -0.494. The summed E-state index contributed by atoms with van der Waals surface area (Å²) in [6.45, 7) is 4.73. The van der Waals surface area contributed by atoms with Gasteiger partial charge in [-0.3, -0.25) is 4.79 Å². The van der Waals surface area contributed by atoms with Crippen molar-refractivity contribution < 1.29 is 18.8 Å². The largest absolute Gasteiger partial charge is 0.466 e. The summed E-state index contributed by atoms with van der Waals surface area (Å²) in [5, 5.41) is 7.14. The predicted octanol–water partition coefficient (Wildman–Crippen LogP) is 3.49. The molecule has 7 heteroatoms. The average molecular weight is 363 g/mol. The zero-order valence-corrected chi connectivity index (χ0v) is 15.8. The van der Waals surface area contributed by atoms with Crippen LogP contribution in [-0.2, 0) is 9.53 Å². The van der Waals surface area contributed by atoms with Gasteiger partial charge in [-0.15, -0.1) is 0 Å². The number of aryl methyl sites for hydroxylation is 1. The molecule has 1 aliphatic heterocycles. The fourth-order valence-corrected chi connectivity index (χ4v) is 4.21. The Morgan fingerprint density at radius 1 is 1.35 bits per heavy atom. The number of urea groups is 1. The summed E-state index contributed by atoms with van der Waals surface area (Å²) in [6, 6.07) is 1.69. The molecular weight excluding hydrogens is 334 g/mol. The second-order valence-electron chi connectivity index (χ2n) is 7.48. The molecule has 2 amide bonds. The number of amides is 2. The summed E-state index contributed by atoms with van der Waals surface area (Å²) in [6.07, 6.45) is 6.86. The molecule has 1 saturated heterocycles. The second kappa shape index (κ2) is 8.10. The van der Waals surface area contributed by atoms with Crippen LogP contribution in [0.5, 0.6) is 0 Å². The number of hydrogen-bond donors (Lipinski definition) is 1. The van der Waals surface area contributed by atoms with Crippen LogP contribution >= 0.6 is 0 Å². The van der Waals surface area contributed by atoms with Gasteiger partial charge in [0.2, 0.25) is 0 Å². The maximum Gasteiger partial charge on any atom is 0.318 e. The molecule has 144 valence electrons. The number of ether oxygens (including phenoxy) is 1. The third-order valence-electron chi connectivity index (χ3n) is 5.46. The molecule has 2 aliphatic rings. The SMILES string of the molecule is CCOC(=O)CC1(NC(=O)N2CCC[C@H]2c2cc(C)no2)CCCCC1. The van der Waals surface area contributed by atoms with E-state index in [1.165, 1.54) is 0 Å². The smallest absolute Gasteiger partial charge is 0.318 e. The zero-order valence-electron chi connectivity index (χ0n) is 15.8.